The Kier molecular flexibility index (Phi) is 4.26. The maximum absolute atomic E-state index is 10.5. The van der Waals surface area contributed by atoms with E-state index in [-0.39, 0.29) is 5.75 Å². The molecule has 0 amide bonds. The Morgan fingerprint density at radius 2 is 2.44 bits per heavy atom. The fraction of sp³-hybridized carbons (Fsp3) is 0.444. The number of hydrogen-bond donors (Lipinski definition) is 1. The van der Waals surface area contributed by atoms with E-state index < -0.39 is 5.97 Å². The largest absolute Gasteiger partial charge is 0.481 e. The Labute approximate surface area is 111 Å². The van der Waals surface area contributed by atoms with Crippen LogP contribution in [0.4, 0.5) is 0 Å². The number of thiazole rings is 1. The summed E-state index contributed by atoms with van der Waals surface area (Å²) >= 11 is 2.71. The van der Waals surface area contributed by atoms with Gasteiger partial charge < -0.3 is 5.11 Å². The number of aryl methyl sites for hydroxylation is 3. The van der Waals surface area contributed by atoms with Gasteiger partial charge in [-0.2, -0.15) is 0 Å². The van der Waals surface area contributed by atoms with Gasteiger partial charge in [-0.25, -0.2) is 9.67 Å². The molecule has 0 fully saturated rings. The predicted molar refractivity (Wildman–Crippen MR) is 66.7 cm³/mol. The number of carboxylic acid groups (broad SMARTS) is 1. The highest BCUT2D eigenvalue weighted by Gasteiger charge is 2.09. The summed E-state index contributed by atoms with van der Waals surface area (Å²) < 4.78 is 1.60. The lowest BCUT2D eigenvalue weighted by Crippen LogP contribution is -2.07. The van der Waals surface area contributed by atoms with Crippen molar-refractivity contribution < 1.29 is 9.90 Å². The van der Waals surface area contributed by atoms with E-state index >= 15 is 0 Å². The molecule has 9 heteroatoms. The second kappa shape index (κ2) is 5.91. The summed E-state index contributed by atoms with van der Waals surface area (Å²) in [7, 11) is 0. The first kappa shape index (κ1) is 13.0. The molecule has 0 saturated carbocycles. The summed E-state index contributed by atoms with van der Waals surface area (Å²) in [5.74, 6) is -0.929. The Hall–Kier alpha value is -1.48. The molecule has 7 nitrogen and oxygen atoms in total. The van der Waals surface area contributed by atoms with E-state index in [4.69, 9.17) is 5.11 Å². The summed E-state index contributed by atoms with van der Waals surface area (Å²) in [6.45, 7) is 2.55. The van der Waals surface area contributed by atoms with Gasteiger partial charge >= 0.3 is 5.97 Å². The molecule has 2 aromatic rings. The zero-order valence-corrected chi connectivity index (χ0v) is 11.2. The van der Waals surface area contributed by atoms with Gasteiger partial charge in [0.25, 0.3) is 0 Å². The maximum atomic E-state index is 10.5. The van der Waals surface area contributed by atoms with Gasteiger partial charge in [0.15, 0.2) is 0 Å². The molecule has 0 aliphatic heterocycles. The molecular weight excluding hydrogens is 274 g/mol. The second-order valence-electron chi connectivity index (χ2n) is 3.50. The van der Waals surface area contributed by atoms with Gasteiger partial charge in [-0.05, 0) is 17.4 Å². The minimum Gasteiger partial charge on any atom is -0.481 e. The predicted octanol–water partition coefficient (Wildman–Crippen LogP) is 0.857. The lowest BCUT2D eigenvalue weighted by molar-refractivity contribution is -0.133. The number of aliphatic carboxylic acids is 1. The third-order valence-corrected chi connectivity index (χ3v) is 4.00. The quantitative estimate of drug-likeness (QED) is 0.786. The van der Waals surface area contributed by atoms with Crippen LogP contribution in [0.2, 0.25) is 0 Å². The van der Waals surface area contributed by atoms with Crippen molar-refractivity contribution in [2.24, 2.45) is 0 Å². The van der Waals surface area contributed by atoms with Crippen molar-refractivity contribution in [1.29, 1.82) is 0 Å². The molecular formula is C9H11N5O2S2. The SMILES string of the molecule is Cc1csc(CCn2nnnc2SCC(=O)O)n1. The number of aromatic nitrogens is 5. The van der Waals surface area contributed by atoms with Gasteiger partial charge in [0.1, 0.15) is 0 Å². The van der Waals surface area contributed by atoms with E-state index in [0.29, 0.717) is 11.7 Å². The van der Waals surface area contributed by atoms with Crippen LogP contribution in [-0.2, 0) is 17.8 Å². The Morgan fingerprint density at radius 1 is 1.61 bits per heavy atom. The number of carboxylic acids is 1. The van der Waals surface area contributed by atoms with E-state index in [1.54, 1.807) is 16.0 Å². The zero-order valence-electron chi connectivity index (χ0n) is 9.61. The summed E-state index contributed by atoms with van der Waals surface area (Å²) in [6, 6.07) is 0. The molecule has 1 N–H and O–H groups in total. The average Bonchev–Trinajstić information content (AvgIpc) is 2.92. The first-order valence-electron chi connectivity index (χ1n) is 5.17. The molecule has 2 heterocycles. The van der Waals surface area contributed by atoms with Crippen molar-refractivity contribution in [3.8, 4) is 0 Å². The first-order valence-corrected chi connectivity index (χ1v) is 7.03. The molecule has 0 bridgehead atoms. The molecule has 0 saturated heterocycles. The van der Waals surface area contributed by atoms with Gasteiger partial charge in [-0.1, -0.05) is 11.8 Å². The standard InChI is InChI=1S/C9H11N5O2S2/c1-6-4-17-7(10-6)2-3-14-9(11-12-13-14)18-5-8(15)16/h4H,2-3,5H2,1H3,(H,15,16). The van der Waals surface area contributed by atoms with Crippen molar-refractivity contribution in [3.05, 3.63) is 16.1 Å². The van der Waals surface area contributed by atoms with Crippen LogP contribution in [0.25, 0.3) is 0 Å². The van der Waals surface area contributed by atoms with Crippen LogP contribution in [-0.4, -0.2) is 42.0 Å². The lowest BCUT2D eigenvalue weighted by atomic mass is 10.4. The highest BCUT2D eigenvalue weighted by Crippen LogP contribution is 2.15. The third-order valence-electron chi connectivity index (χ3n) is 2.03. The number of tetrazole rings is 1. The number of hydrogen-bond acceptors (Lipinski definition) is 7. The van der Waals surface area contributed by atoms with Gasteiger partial charge in [-0.15, -0.1) is 16.4 Å². The highest BCUT2D eigenvalue weighted by molar-refractivity contribution is 7.99. The molecule has 0 spiro atoms. The van der Waals surface area contributed by atoms with Gasteiger partial charge in [0.05, 0.1) is 17.3 Å². The van der Waals surface area contributed by atoms with E-state index in [9.17, 15) is 4.79 Å². The number of carbonyl (C=O) groups is 1. The van der Waals surface area contributed by atoms with Crippen molar-refractivity contribution in [1.82, 2.24) is 25.2 Å². The molecule has 0 aromatic carbocycles. The Balaban J connectivity index is 1.93. The fourth-order valence-electron chi connectivity index (χ4n) is 1.29. The average molecular weight is 285 g/mol. The van der Waals surface area contributed by atoms with Gasteiger partial charge in [-0.3, -0.25) is 4.79 Å². The minimum absolute atomic E-state index is 0.0449. The van der Waals surface area contributed by atoms with E-state index in [2.05, 4.69) is 20.5 Å². The smallest absolute Gasteiger partial charge is 0.313 e. The van der Waals surface area contributed by atoms with Crippen LogP contribution in [0, 0.1) is 6.92 Å². The van der Waals surface area contributed by atoms with Crippen LogP contribution in [0.15, 0.2) is 10.5 Å². The zero-order chi connectivity index (χ0) is 13.0. The van der Waals surface area contributed by atoms with Crippen LogP contribution in [0.5, 0.6) is 0 Å². The number of thioether (sulfide) groups is 1. The molecule has 0 unspecified atom stereocenters. The second-order valence-corrected chi connectivity index (χ2v) is 5.38. The summed E-state index contributed by atoms with van der Waals surface area (Å²) in [6.07, 6.45) is 0.740. The van der Waals surface area contributed by atoms with Crippen molar-refractivity contribution >= 4 is 29.1 Å². The third kappa shape index (κ3) is 3.50. The topological polar surface area (TPSA) is 93.8 Å². The molecule has 0 atom stereocenters. The van der Waals surface area contributed by atoms with E-state index in [1.165, 1.54) is 0 Å². The van der Waals surface area contributed by atoms with Crippen molar-refractivity contribution in [2.75, 3.05) is 5.75 Å². The van der Waals surface area contributed by atoms with Crippen LogP contribution in [0.3, 0.4) is 0 Å². The van der Waals surface area contributed by atoms with E-state index in [1.807, 2.05) is 12.3 Å². The molecule has 0 aliphatic rings. The molecule has 2 aromatic heterocycles. The normalized spacial score (nSPS) is 10.7. The van der Waals surface area contributed by atoms with Crippen molar-refractivity contribution in [3.63, 3.8) is 0 Å². The van der Waals surface area contributed by atoms with Crippen LogP contribution in [0.1, 0.15) is 10.7 Å². The highest BCUT2D eigenvalue weighted by atomic mass is 32.2. The summed E-state index contributed by atoms with van der Waals surface area (Å²) in [5.41, 5.74) is 1.01. The molecule has 0 radical (unpaired) electrons. The molecule has 18 heavy (non-hydrogen) atoms. The number of nitrogens with zero attached hydrogens (tertiary/aromatic N) is 5. The number of rotatable bonds is 6. The molecule has 96 valence electrons. The van der Waals surface area contributed by atoms with Gasteiger partial charge in [0, 0.05) is 17.5 Å². The summed E-state index contributed by atoms with van der Waals surface area (Å²) in [4.78, 5) is 14.8. The monoisotopic (exact) mass is 285 g/mol. The lowest BCUT2D eigenvalue weighted by Gasteiger charge is -2.01. The minimum atomic E-state index is -0.884. The maximum Gasteiger partial charge on any atom is 0.313 e. The fourth-order valence-corrected chi connectivity index (χ4v) is 2.67. The first-order chi connectivity index (χ1) is 8.65. The van der Waals surface area contributed by atoms with Crippen LogP contribution < -0.4 is 0 Å². The van der Waals surface area contributed by atoms with E-state index in [0.717, 1.165) is 28.9 Å². The Bertz CT molecular complexity index is 539. The summed E-state index contributed by atoms with van der Waals surface area (Å²) in [5, 5.41) is 23.3. The van der Waals surface area contributed by atoms with Crippen molar-refractivity contribution in [2.45, 2.75) is 25.0 Å². The molecule has 0 aliphatic carbocycles. The van der Waals surface area contributed by atoms with Gasteiger partial charge in [0.2, 0.25) is 5.16 Å². The van der Waals surface area contributed by atoms with Crippen LogP contribution >= 0.6 is 23.1 Å². The Morgan fingerprint density at radius 3 is 3.11 bits per heavy atom. The molecule has 2 rings (SSSR count).